The Morgan fingerprint density at radius 3 is 2.31 bits per heavy atom. The number of nitro groups is 1. The van der Waals surface area contributed by atoms with E-state index >= 15 is 0 Å². The molecule has 0 unspecified atom stereocenters. The number of rotatable bonds is 4. The van der Waals surface area contributed by atoms with Crippen LogP contribution >= 0.6 is 0 Å². The normalized spacial score (nSPS) is 13.6. The highest BCUT2D eigenvalue weighted by Crippen LogP contribution is 2.31. The lowest BCUT2D eigenvalue weighted by molar-refractivity contribution is -0.384. The summed E-state index contributed by atoms with van der Waals surface area (Å²) in [6, 6.07) is 20.1. The Balaban J connectivity index is 1.80. The monoisotopic (exact) mass is 426 g/mol. The van der Waals surface area contributed by atoms with Gasteiger partial charge in [-0.25, -0.2) is 0 Å². The number of hydrogen-bond acceptors (Lipinski definition) is 5. The molecule has 0 aliphatic carbocycles. The summed E-state index contributed by atoms with van der Waals surface area (Å²) in [6.07, 6.45) is 2.16. The van der Waals surface area contributed by atoms with Gasteiger partial charge >= 0.3 is 0 Å². The molecule has 5 rings (SSSR count). The summed E-state index contributed by atoms with van der Waals surface area (Å²) in [5.41, 5.74) is 3.09. The second kappa shape index (κ2) is 7.92. The highest BCUT2D eigenvalue weighted by molar-refractivity contribution is 5.94. The summed E-state index contributed by atoms with van der Waals surface area (Å²) >= 11 is 0. The van der Waals surface area contributed by atoms with E-state index in [1.165, 1.54) is 10.7 Å². The molecule has 1 saturated heterocycles. The highest BCUT2D eigenvalue weighted by atomic mass is 16.6. The molecule has 1 aromatic heterocycles. The van der Waals surface area contributed by atoms with E-state index in [-0.39, 0.29) is 16.9 Å². The quantitative estimate of drug-likeness (QED) is 0.344. The molecule has 4 aromatic rings. The number of fused-ring (bicyclic) bond motifs is 1. The van der Waals surface area contributed by atoms with Crippen LogP contribution in [0.1, 0.15) is 18.4 Å². The van der Waals surface area contributed by atoms with Crippen molar-refractivity contribution in [2.75, 3.05) is 18.0 Å². The highest BCUT2D eigenvalue weighted by Gasteiger charge is 2.23. The van der Waals surface area contributed by atoms with Crippen LogP contribution in [0.5, 0.6) is 0 Å². The van der Waals surface area contributed by atoms with Crippen LogP contribution in [0.4, 0.5) is 11.4 Å². The Hall–Kier alpha value is -4.00. The van der Waals surface area contributed by atoms with Crippen LogP contribution in [0.3, 0.4) is 0 Å². The van der Waals surface area contributed by atoms with Gasteiger partial charge in [0.2, 0.25) is 0 Å². The molecule has 7 nitrogen and oxygen atoms in total. The molecule has 1 fully saturated rings. The number of nitrogens with zero attached hydrogens (tertiary/aromatic N) is 4. The van der Waals surface area contributed by atoms with Gasteiger partial charge in [0.05, 0.1) is 16.0 Å². The molecule has 0 amide bonds. The van der Waals surface area contributed by atoms with Gasteiger partial charge in [0.25, 0.3) is 11.2 Å². The lowest BCUT2D eigenvalue weighted by atomic mass is 10.0. The van der Waals surface area contributed by atoms with E-state index in [0.717, 1.165) is 48.1 Å². The molecular weight excluding hydrogens is 404 g/mol. The fraction of sp³-hybridized carbons (Fsp3) is 0.200. The Morgan fingerprint density at radius 2 is 1.62 bits per heavy atom. The molecule has 1 aliphatic rings. The van der Waals surface area contributed by atoms with Crippen LogP contribution in [0.2, 0.25) is 0 Å². The lowest BCUT2D eigenvalue weighted by Gasteiger charge is -2.19. The summed E-state index contributed by atoms with van der Waals surface area (Å²) in [5, 5.41) is 17.7. The van der Waals surface area contributed by atoms with Crippen molar-refractivity contribution in [3.8, 4) is 16.9 Å². The maximum absolute atomic E-state index is 13.4. The fourth-order valence-corrected chi connectivity index (χ4v) is 4.29. The van der Waals surface area contributed by atoms with Crippen molar-refractivity contribution < 1.29 is 4.92 Å². The molecule has 160 valence electrons. The second-order valence-electron chi connectivity index (χ2n) is 8.10. The third kappa shape index (κ3) is 3.41. The van der Waals surface area contributed by atoms with E-state index in [1.54, 1.807) is 24.3 Å². The largest absolute Gasteiger partial charge is 0.371 e. The Labute approximate surface area is 184 Å². The summed E-state index contributed by atoms with van der Waals surface area (Å²) in [7, 11) is 0. The van der Waals surface area contributed by atoms with Gasteiger partial charge in [-0.1, -0.05) is 48.0 Å². The molecule has 7 heteroatoms. The second-order valence-corrected chi connectivity index (χ2v) is 8.10. The van der Waals surface area contributed by atoms with E-state index in [9.17, 15) is 14.9 Å². The summed E-state index contributed by atoms with van der Waals surface area (Å²) in [4.78, 5) is 27.0. The smallest absolute Gasteiger partial charge is 0.295 e. The zero-order chi connectivity index (χ0) is 22.2. The standard InChI is InChI=1S/C25H22N4O3/c1-17-8-10-18(11-9-17)24-20-6-2-3-7-21(20)25(30)28(26-24)23-16-19(27-14-4-5-15-27)12-13-22(23)29(31)32/h2-3,6-13,16H,4-5,14-15H2,1H3. The Morgan fingerprint density at radius 1 is 0.938 bits per heavy atom. The van der Waals surface area contributed by atoms with Crippen molar-refractivity contribution in [1.82, 2.24) is 9.78 Å². The van der Waals surface area contributed by atoms with Crippen molar-refractivity contribution in [1.29, 1.82) is 0 Å². The van der Waals surface area contributed by atoms with Gasteiger partial charge in [0.1, 0.15) is 5.69 Å². The number of nitro benzene ring substituents is 1. The molecule has 1 aliphatic heterocycles. The average Bonchev–Trinajstić information content (AvgIpc) is 3.35. The fourth-order valence-electron chi connectivity index (χ4n) is 4.29. The summed E-state index contributed by atoms with van der Waals surface area (Å²) < 4.78 is 1.19. The van der Waals surface area contributed by atoms with E-state index in [2.05, 4.69) is 10.00 Å². The van der Waals surface area contributed by atoms with Crippen molar-refractivity contribution in [3.63, 3.8) is 0 Å². The molecule has 32 heavy (non-hydrogen) atoms. The van der Waals surface area contributed by atoms with Crippen LogP contribution in [0.25, 0.3) is 27.7 Å². The van der Waals surface area contributed by atoms with Crippen molar-refractivity contribution >= 4 is 22.1 Å². The maximum Gasteiger partial charge on any atom is 0.295 e. The predicted molar refractivity (Wildman–Crippen MR) is 126 cm³/mol. The zero-order valence-corrected chi connectivity index (χ0v) is 17.7. The first-order valence-electron chi connectivity index (χ1n) is 10.7. The molecule has 2 heterocycles. The van der Waals surface area contributed by atoms with Crippen molar-refractivity contribution in [2.24, 2.45) is 0 Å². The minimum absolute atomic E-state index is 0.146. The SMILES string of the molecule is Cc1ccc(-c2nn(-c3cc(N4CCCC4)ccc3[N+](=O)[O-])c(=O)c3ccccc23)cc1. The van der Waals surface area contributed by atoms with Crippen LogP contribution in [-0.4, -0.2) is 27.8 Å². The Kier molecular flexibility index (Phi) is 4.93. The number of aryl methyl sites for hydroxylation is 1. The van der Waals surface area contributed by atoms with Gasteiger partial charge < -0.3 is 4.90 Å². The van der Waals surface area contributed by atoms with Crippen LogP contribution in [0.15, 0.2) is 71.5 Å². The minimum atomic E-state index is -0.460. The van der Waals surface area contributed by atoms with E-state index < -0.39 is 4.92 Å². The van der Waals surface area contributed by atoms with Crippen molar-refractivity contribution in [3.05, 3.63) is 92.8 Å². The number of aromatic nitrogens is 2. The van der Waals surface area contributed by atoms with Crippen molar-refractivity contribution in [2.45, 2.75) is 19.8 Å². The summed E-state index contributed by atoms with van der Waals surface area (Å²) in [5.74, 6) is 0. The average molecular weight is 426 g/mol. The third-order valence-corrected chi connectivity index (χ3v) is 5.99. The number of hydrogen-bond donors (Lipinski definition) is 0. The van der Waals surface area contributed by atoms with Gasteiger partial charge in [0, 0.05) is 35.8 Å². The number of benzene rings is 3. The van der Waals surface area contributed by atoms with E-state index in [4.69, 9.17) is 0 Å². The first-order valence-corrected chi connectivity index (χ1v) is 10.7. The zero-order valence-electron chi connectivity index (χ0n) is 17.7. The Bertz CT molecular complexity index is 1390. The molecule has 3 aromatic carbocycles. The predicted octanol–water partition coefficient (Wildman–Crippen LogP) is 4.87. The van der Waals surface area contributed by atoms with Gasteiger partial charge in [-0.15, -0.1) is 0 Å². The molecule has 0 saturated carbocycles. The molecule has 0 radical (unpaired) electrons. The van der Waals surface area contributed by atoms with Gasteiger partial charge in [-0.2, -0.15) is 9.78 Å². The van der Waals surface area contributed by atoms with Gasteiger partial charge in [-0.05, 0) is 38.0 Å². The van der Waals surface area contributed by atoms with Gasteiger partial charge in [-0.3, -0.25) is 14.9 Å². The number of anilines is 1. The maximum atomic E-state index is 13.4. The van der Waals surface area contributed by atoms with E-state index in [0.29, 0.717) is 11.1 Å². The van der Waals surface area contributed by atoms with Crippen LogP contribution in [0, 0.1) is 17.0 Å². The minimum Gasteiger partial charge on any atom is -0.371 e. The first-order chi connectivity index (χ1) is 15.5. The van der Waals surface area contributed by atoms with E-state index in [1.807, 2.05) is 43.3 Å². The summed E-state index contributed by atoms with van der Waals surface area (Å²) in [6.45, 7) is 3.79. The van der Waals surface area contributed by atoms with Crippen LogP contribution < -0.4 is 10.5 Å². The van der Waals surface area contributed by atoms with Crippen LogP contribution in [-0.2, 0) is 0 Å². The topological polar surface area (TPSA) is 81.3 Å². The molecule has 0 bridgehead atoms. The molecule has 0 N–H and O–H groups in total. The third-order valence-electron chi connectivity index (χ3n) is 5.99. The molecule has 0 spiro atoms. The van der Waals surface area contributed by atoms with Gasteiger partial charge in [0.15, 0.2) is 0 Å². The lowest BCUT2D eigenvalue weighted by Crippen LogP contribution is -2.24. The first kappa shape index (κ1) is 19.9. The molecular formula is C25H22N4O3. The molecule has 0 atom stereocenters.